The molecule has 1 atom stereocenters. The monoisotopic (exact) mass is 337 g/mol. The number of nitrogens with zero attached hydrogens (tertiary/aromatic N) is 2. The molecule has 2 aliphatic rings. The highest BCUT2D eigenvalue weighted by Crippen LogP contribution is 2.34. The Bertz CT molecular complexity index is 855. The third kappa shape index (κ3) is 2.50. The smallest absolute Gasteiger partial charge is 0.262 e. The predicted octanol–water partition coefficient (Wildman–Crippen LogP) is 3.24. The quantitative estimate of drug-likeness (QED) is 0.690. The first kappa shape index (κ1) is 16.1. The Morgan fingerprint density at radius 2 is 1.76 bits per heavy atom. The number of likely N-dealkylation sites (tertiary alicyclic amines) is 1. The van der Waals surface area contributed by atoms with Crippen LogP contribution in [0, 0.1) is 0 Å². The first-order valence-electron chi connectivity index (χ1n) is 9.06. The van der Waals surface area contributed by atoms with Crippen molar-refractivity contribution in [3.05, 3.63) is 41.5 Å². The van der Waals surface area contributed by atoms with E-state index in [0.717, 1.165) is 43.1 Å². The zero-order valence-corrected chi connectivity index (χ0v) is 14.5. The van der Waals surface area contributed by atoms with E-state index in [2.05, 4.69) is 4.90 Å². The molecule has 0 radical (unpaired) electrons. The van der Waals surface area contributed by atoms with Crippen molar-refractivity contribution >= 4 is 28.3 Å². The van der Waals surface area contributed by atoms with Crippen LogP contribution < -0.4 is 5.73 Å². The second-order valence-electron chi connectivity index (χ2n) is 6.94. The first-order valence-corrected chi connectivity index (χ1v) is 9.06. The molecule has 2 amide bonds. The van der Waals surface area contributed by atoms with Gasteiger partial charge in [0.05, 0.1) is 11.7 Å². The summed E-state index contributed by atoms with van der Waals surface area (Å²) in [7, 11) is 0. The molecule has 2 aromatic rings. The minimum Gasteiger partial charge on any atom is -0.399 e. The molecule has 0 aromatic heterocycles. The summed E-state index contributed by atoms with van der Waals surface area (Å²) in [6, 6.07) is 9.09. The summed E-state index contributed by atoms with van der Waals surface area (Å²) >= 11 is 0. The molecule has 0 aliphatic carbocycles. The number of anilines is 1. The highest BCUT2D eigenvalue weighted by molar-refractivity contribution is 6.26. The maximum absolute atomic E-state index is 13.2. The largest absolute Gasteiger partial charge is 0.399 e. The number of benzene rings is 2. The van der Waals surface area contributed by atoms with Gasteiger partial charge in [-0.3, -0.25) is 19.4 Å². The lowest BCUT2D eigenvalue weighted by Crippen LogP contribution is -2.55. The lowest BCUT2D eigenvalue weighted by Gasteiger charge is -2.41. The third-order valence-corrected chi connectivity index (χ3v) is 5.37. The predicted molar refractivity (Wildman–Crippen MR) is 98.4 cm³/mol. The summed E-state index contributed by atoms with van der Waals surface area (Å²) in [4.78, 5) is 30.2. The van der Waals surface area contributed by atoms with Gasteiger partial charge in [-0.05, 0) is 42.8 Å². The SMILES string of the molecule is CCC(N1CCCCC1)N1C(=O)c2cccc3cc(N)cc(c23)C1=O. The number of amides is 2. The molecule has 2 N–H and O–H groups in total. The zero-order chi connectivity index (χ0) is 17.6. The number of carbonyl (C=O) groups is 2. The fourth-order valence-corrected chi connectivity index (χ4v) is 4.24. The standard InChI is InChI=1S/C20H23N3O2/c1-2-17(22-9-4-3-5-10-22)23-19(24)15-8-6-7-13-11-14(21)12-16(18(13)15)20(23)25/h6-8,11-12,17H,2-5,9-10,21H2,1H3. The van der Waals surface area contributed by atoms with Gasteiger partial charge in [0.15, 0.2) is 0 Å². The summed E-state index contributed by atoms with van der Waals surface area (Å²) in [5.74, 6) is -0.413. The molecule has 25 heavy (non-hydrogen) atoms. The number of nitrogens with two attached hydrogens (primary N) is 1. The van der Waals surface area contributed by atoms with Crippen molar-refractivity contribution in [2.75, 3.05) is 18.8 Å². The van der Waals surface area contributed by atoms with E-state index in [1.807, 2.05) is 31.2 Å². The molecule has 0 saturated carbocycles. The molecule has 130 valence electrons. The summed E-state index contributed by atoms with van der Waals surface area (Å²) in [6.45, 7) is 3.91. The number of hydrogen-bond donors (Lipinski definition) is 1. The Hall–Kier alpha value is -2.40. The van der Waals surface area contributed by atoms with Gasteiger partial charge in [0.2, 0.25) is 0 Å². The Kier molecular flexibility index (Phi) is 3.96. The minimum absolute atomic E-state index is 0.190. The molecule has 1 unspecified atom stereocenters. The van der Waals surface area contributed by atoms with E-state index in [1.165, 1.54) is 11.3 Å². The van der Waals surface area contributed by atoms with Crippen LogP contribution in [-0.2, 0) is 0 Å². The molecule has 2 aliphatic heterocycles. The van der Waals surface area contributed by atoms with E-state index >= 15 is 0 Å². The van der Waals surface area contributed by atoms with Gasteiger partial charge in [-0.1, -0.05) is 25.5 Å². The molecule has 4 rings (SSSR count). The molecule has 5 heteroatoms. The average molecular weight is 337 g/mol. The van der Waals surface area contributed by atoms with Crippen molar-refractivity contribution < 1.29 is 9.59 Å². The number of nitrogen functional groups attached to an aromatic ring is 1. The molecule has 0 bridgehead atoms. The van der Waals surface area contributed by atoms with Crippen LogP contribution in [0.2, 0.25) is 0 Å². The minimum atomic E-state index is -0.224. The third-order valence-electron chi connectivity index (χ3n) is 5.37. The Morgan fingerprint density at radius 1 is 1.04 bits per heavy atom. The maximum atomic E-state index is 13.2. The van der Waals surface area contributed by atoms with E-state index in [9.17, 15) is 9.59 Å². The molecule has 5 nitrogen and oxygen atoms in total. The number of rotatable bonds is 3. The summed E-state index contributed by atoms with van der Waals surface area (Å²) in [5.41, 5.74) is 7.69. The normalized spacial score (nSPS) is 19.5. The second kappa shape index (κ2) is 6.15. The van der Waals surface area contributed by atoms with Crippen molar-refractivity contribution in [2.24, 2.45) is 0 Å². The summed E-state index contributed by atoms with van der Waals surface area (Å²) in [5, 5.41) is 1.58. The Balaban J connectivity index is 1.83. The van der Waals surface area contributed by atoms with Crippen molar-refractivity contribution in [3.8, 4) is 0 Å². The van der Waals surface area contributed by atoms with Gasteiger partial charge < -0.3 is 5.73 Å². The lowest BCUT2D eigenvalue weighted by atomic mass is 9.92. The highest BCUT2D eigenvalue weighted by Gasteiger charge is 2.39. The van der Waals surface area contributed by atoms with Gasteiger partial charge in [-0.25, -0.2) is 0 Å². The van der Waals surface area contributed by atoms with Crippen LogP contribution in [-0.4, -0.2) is 40.9 Å². The van der Waals surface area contributed by atoms with Crippen molar-refractivity contribution in [1.82, 2.24) is 9.80 Å². The van der Waals surface area contributed by atoms with Crippen LogP contribution in [0.1, 0.15) is 53.3 Å². The summed E-state index contributed by atoms with van der Waals surface area (Å²) in [6.07, 6.45) is 3.99. The molecular weight excluding hydrogens is 314 g/mol. The van der Waals surface area contributed by atoms with Gasteiger partial charge in [0.25, 0.3) is 11.8 Å². The zero-order valence-electron chi connectivity index (χ0n) is 14.5. The van der Waals surface area contributed by atoms with Gasteiger partial charge in [0, 0.05) is 29.7 Å². The molecule has 1 saturated heterocycles. The average Bonchev–Trinajstić information content (AvgIpc) is 2.63. The van der Waals surface area contributed by atoms with Crippen LogP contribution in [0.25, 0.3) is 10.8 Å². The molecule has 0 spiro atoms. The second-order valence-corrected chi connectivity index (χ2v) is 6.94. The van der Waals surface area contributed by atoms with Crippen LogP contribution >= 0.6 is 0 Å². The van der Waals surface area contributed by atoms with E-state index in [4.69, 9.17) is 5.73 Å². The van der Waals surface area contributed by atoms with Crippen molar-refractivity contribution in [3.63, 3.8) is 0 Å². The van der Waals surface area contributed by atoms with Crippen LogP contribution in [0.15, 0.2) is 30.3 Å². The molecule has 1 fully saturated rings. The number of carbonyl (C=O) groups excluding carboxylic acids is 2. The fourth-order valence-electron chi connectivity index (χ4n) is 4.24. The first-order chi connectivity index (χ1) is 12.1. The van der Waals surface area contributed by atoms with Gasteiger partial charge in [0.1, 0.15) is 0 Å². The van der Waals surface area contributed by atoms with Crippen LogP contribution in [0.3, 0.4) is 0 Å². The molecule has 2 heterocycles. The number of hydrogen-bond acceptors (Lipinski definition) is 4. The molecule has 2 aromatic carbocycles. The van der Waals surface area contributed by atoms with E-state index in [-0.39, 0.29) is 18.0 Å². The van der Waals surface area contributed by atoms with Gasteiger partial charge in [-0.15, -0.1) is 0 Å². The van der Waals surface area contributed by atoms with E-state index in [0.29, 0.717) is 16.8 Å². The fraction of sp³-hybridized carbons (Fsp3) is 0.400. The topological polar surface area (TPSA) is 66.6 Å². The van der Waals surface area contributed by atoms with Gasteiger partial charge >= 0.3 is 0 Å². The van der Waals surface area contributed by atoms with Crippen molar-refractivity contribution in [1.29, 1.82) is 0 Å². The van der Waals surface area contributed by atoms with Crippen LogP contribution in [0.5, 0.6) is 0 Å². The number of piperidine rings is 1. The Morgan fingerprint density at radius 3 is 2.48 bits per heavy atom. The highest BCUT2D eigenvalue weighted by atomic mass is 16.2. The van der Waals surface area contributed by atoms with E-state index < -0.39 is 0 Å². The maximum Gasteiger partial charge on any atom is 0.262 e. The lowest BCUT2D eigenvalue weighted by molar-refractivity contribution is 0.0199. The molecular formula is C20H23N3O2. The van der Waals surface area contributed by atoms with E-state index in [1.54, 1.807) is 6.07 Å². The van der Waals surface area contributed by atoms with Gasteiger partial charge in [-0.2, -0.15) is 0 Å². The Labute approximate surface area is 147 Å². The number of imide groups is 1. The summed E-state index contributed by atoms with van der Waals surface area (Å²) < 4.78 is 0. The van der Waals surface area contributed by atoms with Crippen LogP contribution in [0.4, 0.5) is 5.69 Å². The van der Waals surface area contributed by atoms with Crippen molar-refractivity contribution in [2.45, 2.75) is 38.8 Å².